The number of ether oxygens (including phenoxy) is 2. The highest BCUT2D eigenvalue weighted by Crippen LogP contribution is 2.37. The van der Waals surface area contributed by atoms with E-state index >= 15 is 0 Å². The molecule has 2 N–H and O–H groups in total. The molecule has 0 unspecified atom stereocenters. The Kier molecular flexibility index (Phi) is 5.93. The smallest absolute Gasteiger partial charge is 0.257 e. The van der Waals surface area contributed by atoms with Crippen LogP contribution in [-0.2, 0) is 9.97 Å². The number of hydrogen-bond donors (Lipinski definition) is 2. The summed E-state index contributed by atoms with van der Waals surface area (Å²) in [5, 5.41) is 26.1. The van der Waals surface area contributed by atoms with Gasteiger partial charge in [-0.2, -0.15) is 10.2 Å². The predicted octanol–water partition coefficient (Wildman–Crippen LogP) is 0.816. The minimum atomic E-state index is -1.77. The fourth-order valence-electron chi connectivity index (χ4n) is 3.77. The molecule has 0 saturated heterocycles. The van der Waals surface area contributed by atoms with Crippen LogP contribution in [0.3, 0.4) is 0 Å². The lowest BCUT2D eigenvalue weighted by Gasteiger charge is -2.41. The van der Waals surface area contributed by atoms with Crippen LogP contribution < -0.4 is 10.1 Å². The molecule has 0 aromatic carbocycles. The molecular formula is C20H22B3N7O3. The normalized spacial score (nSPS) is 21.4. The lowest BCUT2D eigenvalue weighted by atomic mass is 9.49. The van der Waals surface area contributed by atoms with Crippen LogP contribution in [0.2, 0.25) is 0 Å². The van der Waals surface area contributed by atoms with Gasteiger partial charge >= 0.3 is 0 Å². The molecule has 164 valence electrons. The average Bonchev–Trinajstić information content (AvgIpc) is 3.32. The molecule has 3 atom stereocenters. The molecule has 1 aliphatic rings. The van der Waals surface area contributed by atoms with Gasteiger partial charge in [0.05, 0.1) is 48.0 Å². The summed E-state index contributed by atoms with van der Waals surface area (Å²) >= 11 is 0. The number of nitriles is 1. The van der Waals surface area contributed by atoms with Gasteiger partial charge < -0.3 is 24.5 Å². The topological polar surface area (TPSA) is 123 Å². The maximum atomic E-state index is 10.3. The van der Waals surface area contributed by atoms with Crippen LogP contribution in [0, 0.1) is 11.3 Å². The number of aromatic nitrogens is 5. The maximum absolute atomic E-state index is 10.3. The molecule has 1 saturated carbocycles. The predicted molar refractivity (Wildman–Crippen MR) is 124 cm³/mol. The quantitative estimate of drug-likeness (QED) is 0.493. The molecule has 13 heteroatoms. The Morgan fingerprint density at radius 3 is 2.79 bits per heavy atom. The summed E-state index contributed by atoms with van der Waals surface area (Å²) in [6, 6.07) is 3.78. The van der Waals surface area contributed by atoms with Crippen molar-refractivity contribution < 1.29 is 14.6 Å². The van der Waals surface area contributed by atoms with Crippen molar-refractivity contribution in [2.45, 2.75) is 49.7 Å². The Balaban J connectivity index is 1.70. The van der Waals surface area contributed by atoms with Crippen molar-refractivity contribution in [1.82, 2.24) is 24.3 Å². The number of fused-ring (bicyclic) bond motifs is 1. The summed E-state index contributed by atoms with van der Waals surface area (Å²) in [5.74, 6) is 0.382. The van der Waals surface area contributed by atoms with Crippen LogP contribution >= 0.6 is 0 Å². The molecule has 3 aromatic heterocycles. The second kappa shape index (κ2) is 8.43. The highest BCUT2D eigenvalue weighted by Gasteiger charge is 2.43. The molecular weight excluding hydrogens is 419 g/mol. The standard InChI is InChI=1S/C20H22B3N7O3/c1-11(10-32-3)30-13(7-24)6-12-8-25-18(27-16(12)30)26-14-9-29(20(21,22)23)28-17(14)33-15-4-5-19(15,2)31/h6,8-9,11,15,31H,4-5,10H2,1-3H3,(H,25,26,27)/t11-,15-,19+/m0/s1. The molecule has 4 rings (SSSR count). The van der Waals surface area contributed by atoms with Crippen LogP contribution in [-0.4, -0.2) is 78.4 Å². The Bertz CT molecular complexity index is 1210. The third kappa shape index (κ3) is 4.45. The number of aliphatic hydroxyl groups is 1. The Hall–Kier alpha value is -2.97. The highest BCUT2D eigenvalue weighted by atomic mass is 16.5. The molecule has 3 aromatic rings. The Morgan fingerprint density at radius 1 is 1.45 bits per heavy atom. The van der Waals surface area contributed by atoms with Crippen molar-refractivity contribution in [2.75, 3.05) is 19.0 Å². The van der Waals surface area contributed by atoms with Crippen molar-refractivity contribution in [3.05, 3.63) is 24.2 Å². The van der Waals surface area contributed by atoms with E-state index in [4.69, 9.17) is 33.0 Å². The third-order valence-electron chi connectivity index (χ3n) is 5.72. The van der Waals surface area contributed by atoms with Crippen LogP contribution in [0.25, 0.3) is 11.0 Å². The zero-order valence-electron chi connectivity index (χ0n) is 18.7. The summed E-state index contributed by atoms with van der Waals surface area (Å²) in [4.78, 5) is 8.93. The second-order valence-corrected chi connectivity index (χ2v) is 8.60. The van der Waals surface area contributed by atoms with Crippen LogP contribution in [0.1, 0.15) is 38.4 Å². The first kappa shape index (κ1) is 23.2. The summed E-state index contributed by atoms with van der Waals surface area (Å²) in [6.07, 6.45) is 3.93. The molecule has 10 nitrogen and oxygen atoms in total. The maximum Gasteiger partial charge on any atom is 0.257 e. The minimum Gasteiger partial charge on any atom is -0.469 e. The third-order valence-corrected chi connectivity index (χ3v) is 5.72. The van der Waals surface area contributed by atoms with Crippen molar-refractivity contribution >= 4 is 46.2 Å². The first-order valence-electron chi connectivity index (χ1n) is 10.4. The van der Waals surface area contributed by atoms with Gasteiger partial charge in [-0.3, -0.25) is 4.68 Å². The molecule has 0 aliphatic heterocycles. The van der Waals surface area contributed by atoms with Gasteiger partial charge in [0, 0.05) is 18.7 Å². The monoisotopic (exact) mass is 441 g/mol. The largest absolute Gasteiger partial charge is 0.469 e. The van der Waals surface area contributed by atoms with E-state index in [-0.39, 0.29) is 17.9 Å². The van der Waals surface area contributed by atoms with Crippen molar-refractivity contribution in [1.29, 1.82) is 5.26 Å². The lowest BCUT2D eigenvalue weighted by Crippen LogP contribution is -2.52. The van der Waals surface area contributed by atoms with Gasteiger partial charge in [0.25, 0.3) is 5.88 Å². The number of methoxy groups -OCH3 is 1. The average molecular weight is 441 g/mol. The minimum absolute atomic E-state index is 0.125. The molecule has 3 heterocycles. The van der Waals surface area contributed by atoms with Gasteiger partial charge in [-0.15, -0.1) is 5.10 Å². The number of hydrogen-bond acceptors (Lipinski definition) is 8. The molecule has 33 heavy (non-hydrogen) atoms. The lowest BCUT2D eigenvalue weighted by molar-refractivity contribution is -0.119. The van der Waals surface area contributed by atoms with E-state index in [1.54, 1.807) is 30.9 Å². The van der Waals surface area contributed by atoms with Crippen LogP contribution in [0.15, 0.2) is 18.5 Å². The number of anilines is 2. The zero-order valence-corrected chi connectivity index (χ0v) is 18.7. The van der Waals surface area contributed by atoms with Crippen LogP contribution in [0.4, 0.5) is 11.6 Å². The van der Waals surface area contributed by atoms with Crippen molar-refractivity contribution in [3.8, 4) is 11.9 Å². The first-order valence-corrected chi connectivity index (χ1v) is 10.4. The van der Waals surface area contributed by atoms with Gasteiger partial charge in [-0.1, -0.05) is 0 Å². The van der Waals surface area contributed by atoms with E-state index in [1.165, 1.54) is 6.20 Å². The first-order chi connectivity index (χ1) is 15.5. The van der Waals surface area contributed by atoms with E-state index in [2.05, 4.69) is 26.5 Å². The van der Waals surface area contributed by atoms with E-state index < -0.39 is 16.9 Å². The van der Waals surface area contributed by atoms with Crippen molar-refractivity contribution in [3.63, 3.8) is 0 Å². The summed E-state index contributed by atoms with van der Waals surface area (Å²) in [7, 11) is 18.9. The van der Waals surface area contributed by atoms with Crippen LogP contribution in [0.5, 0.6) is 5.88 Å². The molecule has 1 fully saturated rings. The molecule has 1 aliphatic carbocycles. The number of nitrogens with one attached hydrogen (secondary N) is 1. The number of rotatable bonds is 8. The molecule has 0 amide bonds. The summed E-state index contributed by atoms with van der Waals surface area (Å²) in [6.45, 7) is 4.04. The molecule has 0 spiro atoms. The van der Waals surface area contributed by atoms with Gasteiger partial charge in [-0.05, 0) is 38.0 Å². The van der Waals surface area contributed by atoms with E-state index in [0.29, 0.717) is 41.9 Å². The Morgan fingerprint density at radius 2 is 2.21 bits per heavy atom. The second-order valence-electron chi connectivity index (χ2n) is 8.60. The molecule has 0 bridgehead atoms. The molecule has 6 radical (unpaired) electrons. The van der Waals surface area contributed by atoms with E-state index in [1.807, 2.05) is 6.92 Å². The SMILES string of the molecule is [B]C([B])([B])n1cc(Nc2ncc3cc(C#N)n([C@@H](C)COC)c3n2)c(O[C@H]2CC[C@@]2(C)O)n1. The van der Waals surface area contributed by atoms with Crippen molar-refractivity contribution in [2.24, 2.45) is 0 Å². The summed E-state index contributed by atoms with van der Waals surface area (Å²) < 4.78 is 14.1. The van der Waals surface area contributed by atoms with Gasteiger partial charge in [0.2, 0.25) is 5.95 Å². The fourth-order valence-corrected chi connectivity index (χ4v) is 3.77. The van der Waals surface area contributed by atoms with Gasteiger partial charge in [0.1, 0.15) is 29.2 Å². The van der Waals surface area contributed by atoms with E-state index in [0.717, 1.165) is 4.68 Å². The summed E-state index contributed by atoms with van der Waals surface area (Å²) in [5.41, 5.74) is 0.417. The highest BCUT2D eigenvalue weighted by molar-refractivity contribution is 6.56. The van der Waals surface area contributed by atoms with E-state index in [9.17, 15) is 10.4 Å². The zero-order chi connectivity index (χ0) is 24.0. The fraction of sp³-hybridized carbons (Fsp3) is 0.500. The number of nitrogens with zero attached hydrogens (tertiary/aromatic N) is 6. The van der Waals surface area contributed by atoms with Gasteiger partial charge in [-0.25, -0.2) is 4.98 Å². The Labute approximate surface area is 195 Å². The van der Waals surface area contributed by atoms with Gasteiger partial charge in [0.15, 0.2) is 0 Å².